The highest BCUT2D eigenvalue weighted by atomic mass is 35.5. The molecule has 0 fully saturated rings. The Morgan fingerprint density at radius 3 is 2.87 bits per heavy atom. The molecule has 0 saturated heterocycles. The van der Waals surface area contributed by atoms with Gasteiger partial charge in [-0.2, -0.15) is 5.10 Å². The molecule has 0 radical (unpaired) electrons. The second kappa shape index (κ2) is 5.90. The predicted molar refractivity (Wildman–Crippen MR) is 68.8 cm³/mol. The molecule has 0 aliphatic heterocycles. The van der Waals surface area contributed by atoms with Gasteiger partial charge in [0.2, 0.25) is 0 Å². The van der Waals surface area contributed by atoms with Gasteiger partial charge in [-0.25, -0.2) is 0 Å². The van der Waals surface area contributed by atoms with Crippen molar-refractivity contribution < 1.29 is 0 Å². The number of nitrogens with zero attached hydrogens (tertiary/aromatic N) is 1. The molecule has 15 heavy (non-hydrogen) atoms. The highest BCUT2D eigenvalue weighted by molar-refractivity contribution is 7.80. The van der Waals surface area contributed by atoms with Crippen molar-refractivity contribution in [2.45, 2.75) is 0 Å². The Balaban J connectivity index is 2.72. The van der Waals surface area contributed by atoms with Crippen molar-refractivity contribution in [3.63, 3.8) is 0 Å². The van der Waals surface area contributed by atoms with Crippen LogP contribution in [0.5, 0.6) is 0 Å². The maximum absolute atomic E-state index is 5.94. The number of hydrogen-bond donors (Lipinski definition) is 2. The van der Waals surface area contributed by atoms with E-state index in [1.807, 2.05) is 6.07 Å². The second-order valence-corrected chi connectivity index (χ2v) is 3.79. The van der Waals surface area contributed by atoms with Gasteiger partial charge in [-0.3, -0.25) is 5.43 Å². The Hall–Kier alpha value is -0.840. The van der Waals surface area contributed by atoms with E-state index in [0.29, 0.717) is 15.2 Å². The molecule has 1 aromatic rings. The van der Waals surface area contributed by atoms with Gasteiger partial charge in [-0.1, -0.05) is 35.3 Å². The van der Waals surface area contributed by atoms with Crippen LogP contribution in [-0.2, 0) is 0 Å². The lowest BCUT2D eigenvalue weighted by atomic mass is 10.2. The molecule has 0 atom stereocenters. The molecule has 0 saturated carbocycles. The molecule has 3 nitrogen and oxygen atoms in total. The lowest BCUT2D eigenvalue weighted by Gasteiger charge is -2.01. The molecule has 0 bridgehead atoms. The van der Waals surface area contributed by atoms with Crippen LogP contribution in [0.25, 0.3) is 0 Å². The van der Waals surface area contributed by atoms with Crippen LogP contribution in [0.1, 0.15) is 5.56 Å². The minimum atomic E-state index is 0.435. The Bertz CT molecular complexity index is 393. The van der Waals surface area contributed by atoms with E-state index >= 15 is 0 Å². The topological polar surface area (TPSA) is 36.4 Å². The van der Waals surface area contributed by atoms with E-state index in [0.717, 1.165) is 5.56 Å². The molecule has 2 N–H and O–H groups in total. The van der Waals surface area contributed by atoms with Gasteiger partial charge in [0.25, 0.3) is 0 Å². The predicted octanol–water partition coefficient (Wildman–Crippen LogP) is 2.42. The smallest absolute Gasteiger partial charge is 0.186 e. The molecular formula is C9H9Cl2N3S. The van der Waals surface area contributed by atoms with E-state index in [2.05, 4.69) is 15.8 Å². The summed E-state index contributed by atoms with van der Waals surface area (Å²) >= 11 is 16.6. The number of thiocarbonyl (C=S) groups is 1. The minimum absolute atomic E-state index is 0.435. The highest BCUT2D eigenvalue weighted by Crippen LogP contribution is 2.23. The van der Waals surface area contributed by atoms with E-state index < -0.39 is 0 Å². The summed E-state index contributed by atoms with van der Waals surface area (Å²) in [6.07, 6.45) is 1.55. The summed E-state index contributed by atoms with van der Waals surface area (Å²) in [5.41, 5.74) is 3.35. The van der Waals surface area contributed by atoms with Crippen LogP contribution in [0, 0.1) is 0 Å². The van der Waals surface area contributed by atoms with Gasteiger partial charge in [0.05, 0.1) is 16.3 Å². The van der Waals surface area contributed by atoms with Crippen LogP contribution >= 0.6 is 35.4 Å². The van der Waals surface area contributed by atoms with E-state index in [4.69, 9.17) is 35.4 Å². The van der Waals surface area contributed by atoms with Crippen LogP contribution in [0.15, 0.2) is 23.3 Å². The van der Waals surface area contributed by atoms with Crippen LogP contribution in [0.2, 0.25) is 10.0 Å². The van der Waals surface area contributed by atoms with Crippen molar-refractivity contribution in [1.82, 2.24) is 10.7 Å². The van der Waals surface area contributed by atoms with Crippen molar-refractivity contribution in [2.24, 2.45) is 5.10 Å². The third-order valence-corrected chi connectivity index (χ3v) is 2.71. The third-order valence-electron chi connectivity index (χ3n) is 1.58. The zero-order valence-electron chi connectivity index (χ0n) is 7.92. The fourth-order valence-corrected chi connectivity index (χ4v) is 1.25. The number of rotatable bonds is 2. The molecule has 80 valence electrons. The average Bonchev–Trinajstić information content (AvgIpc) is 2.24. The lowest BCUT2D eigenvalue weighted by Crippen LogP contribution is -2.28. The van der Waals surface area contributed by atoms with Crippen LogP contribution in [0.3, 0.4) is 0 Å². The molecule has 0 heterocycles. The minimum Gasteiger partial charge on any atom is -0.364 e. The van der Waals surface area contributed by atoms with Gasteiger partial charge in [0.1, 0.15) is 0 Å². The van der Waals surface area contributed by atoms with Crippen LogP contribution in [0.4, 0.5) is 0 Å². The summed E-state index contributed by atoms with van der Waals surface area (Å²) in [5, 5.41) is 8.02. The number of halogens is 2. The van der Waals surface area contributed by atoms with E-state index in [1.54, 1.807) is 25.4 Å². The Morgan fingerprint density at radius 2 is 2.20 bits per heavy atom. The van der Waals surface area contributed by atoms with Crippen LogP contribution in [-0.4, -0.2) is 18.4 Å². The first-order valence-electron chi connectivity index (χ1n) is 4.10. The summed E-state index contributed by atoms with van der Waals surface area (Å²) in [4.78, 5) is 0. The van der Waals surface area contributed by atoms with Gasteiger partial charge in [0, 0.05) is 12.6 Å². The molecule has 1 aromatic carbocycles. The number of hydrazone groups is 1. The number of nitrogens with one attached hydrogen (secondary N) is 2. The Labute approximate surface area is 103 Å². The molecule has 0 amide bonds. The molecule has 0 spiro atoms. The fourth-order valence-electron chi connectivity index (χ4n) is 0.837. The summed E-state index contributed by atoms with van der Waals surface area (Å²) in [6, 6.07) is 5.32. The quantitative estimate of drug-likeness (QED) is 0.488. The molecule has 1 rings (SSSR count). The van der Waals surface area contributed by atoms with Crippen LogP contribution < -0.4 is 10.7 Å². The van der Waals surface area contributed by atoms with Gasteiger partial charge in [-0.15, -0.1) is 0 Å². The summed E-state index contributed by atoms with van der Waals surface area (Å²) in [7, 11) is 1.71. The number of hydrogen-bond acceptors (Lipinski definition) is 2. The fraction of sp³-hybridized carbons (Fsp3) is 0.111. The zero-order chi connectivity index (χ0) is 11.3. The van der Waals surface area contributed by atoms with E-state index in [-0.39, 0.29) is 0 Å². The first-order chi connectivity index (χ1) is 7.15. The standard InChI is InChI=1S/C9H9Cl2N3S/c1-12-9(15)14-13-5-6-3-2-4-7(10)8(6)11/h2-5H,1H3,(H2,12,14,15)/b13-5-. The zero-order valence-corrected chi connectivity index (χ0v) is 10.2. The normalized spacial score (nSPS) is 10.3. The first kappa shape index (κ1) is 12.2. The van der Waals surface area contributed by atoms with Gasteiger partial charge in [0.15, 0.2) is 5.11 Å². The highest BCUT2D eigenvalue weighted by Gasteiger charge is 2.00. The van der Waals surface area contributed by atoms with Crippen molar-refractivity contribution >= 4 is 46.7 Å². The molecule has 0 aliphatic carbocycles. The third kappa shape index (κ3) is 3.66. The van der Waals surface area contributed by atoms with Gasteiger partial charge in [-0.05, 0) is 18.3 Å². The Kier molecular flexibility index (Phi) is 4.81. The Morgan fingerprint density at radius 1 is 1.47 bits per heavy atom. The average molecular weight is 262 g/mol. The summed E-state index contributed by atoms with van der Waals surface area (Å²) < 4.78 is 0. The number of benzene rings is 1. The SMILES string of the molecule is CNC(=S)N/N=C\c1cccc(Cl)c1Cl. The monoisotopic (exact) mass is 261 g/mol. The maximum Gasteiger partial charge on any atom is 0.186 e. The van der Waals surface area contributed by atoms with Gasteiger partial charge >= 0.3 is 0 Å². The van der Waals surface area contributed by atoms with Gasteiger partial charge < -0.3 is 5.32 Å². The summed E-state index contributed by atoms with van der Waals surface area (Å²) in [6.45, 7) is 0. The second-order valence-electron chi connectivity index (χ2n) is 2.59. The van der Waals surface area contributed by atoms with E-state index in [1.165, 1.54) is 0 Å². The van der Waals surface area contributed by atoms with Crippen molar-refractivity contribution in [1.29, 1.82) is 0 Å². The van der Waals surface area contributed by atoms with E-state index in [9.17, 15) is 0 Å². The first-order valence-corrected chi connectivity index (χ1v) is 5.26. The molecular weight excluding hydrogens is 253 g/mol. The van der Waals surface area contributed by atoms with Crippen molar-refractivity contribution in [2.75, 3.05) is 7.05 Å². The largest absolute Gasteiger partial charge is 0.364 e. The maximum atomic E-state index is 5.94. The van der Waals surface area contributed by atoms with Crippen molar-refractivity contribution in [3.8, 4) is 0 Å². The summed E-state index contributed by atoms with van der Waals surface area (Å²) in [5.74, 6) is 0. The van der Waals surface area contributed by atoms with Crippen molar-refractivity contribution in [3.05, 3.63) is 33.8 Å². The molecule has 0 unspecified atom stereocenters. The molecule has 6 heteroatoms. The molecule has 0 aliphatic rings. The lowest BCUT2D eigenvalue weighted by molar-refractivity contribution is 0.982. The molecule has 0 aromatic heterocycles.